The number of rotatable bonds is 10. The zero-order valence-electron chi connectivity index (χ0n) is 20.9. The summed E-state index contributed by atoms with van der Waals surface area (Å²) in [5.41, 5.74) is 2.13. The molecular formula is C26H33FN6O3. The van der Waals surface area contributed by atoms with E-state index >= 15 is 0 Å². The van der Waals surface area contributed by atoms with Gasteiger partial charge < -0.3 is 25.0 Å². The van der Waals surface area contributed by atoms with E-state index in [1.165, 1.54) is 0 Å². The van der Waals surface area contributed by atoms with Gasteiger partial charge in [0.15, 0.2) is 17.4 Å². The third-order valence-electron chi connectivity index (χ3n) is 6.29. The molecule has 3 heterocycles. The van der Waals surface area contributed by atoms with E-state index in [2.05, 4.69) is 37.3 Å². The van der Waals surface area contributed by atoms with Gasteiger partial charge >= 0.3 is 0 Å². The molecule has 0 saturated heterocycles. The van der Waals surface area contributed by atoms with Crippen molar-refractivity contribution < 1.29 is 18.8 Å². The van der Waals surface area contributed by atoms with E-state index < -0.39 is 5.82 Å². The Morgan fingerprint density at radius 1 is 1.28 bits per heavy atom. The number of aromatic nitrogens is 4. The van der Waals surface area contributed by atoms with Crippen LogP contribution in [0.25, 0.3) is 11.5 Å². The molecule has 1 unspecified atom stereocenters. The molecule has 10 heteroatoms. The quantitative estimate of drug-likeness (QED) is 0.305. The molecular weight excluding hydrogens is 463 g/mol. The minimum Gasteiger partial charge on any atom is -0.513 e. The van der Waals surface area contributed by atoms with Crippen molar-refractivity contribution in [1.29, 1.82) is 0 Å². The number of hydrogen-bond donors (Lipinski definition) is 3. The minimum atomic E-state index is -0.509. The van der Waals surface area contributed by atoms with Crippen LogP contribution in [-0.2, 0) is 6.54 Å². The summed E-state index contributed by atoms with van der Waals surface area (Å²) in [6.07, 6.45) is 6.82. The van der Waals surface area contributed by atoms with Crippen LogP contribution in [0.3, 0.4) is 0 Å². The highest BCUT2D eigenvalue weighted by Gasteiger charge is 2.24. The number of aliphatic hydroxyl groups excluding tert-OH is 1. The number of pyridine rings is 1. The van der Waals surface area contributed by atoms with Gasteiger partial charge in [-0.2, -0.15) is 4.98 Å². The fourth-order valence-electron chi connectivity index (χ4n) is 4.35. The average Bonchev–Trinajstić information content (AvgIpc) is 3.23. The molecule has 0 bridgehead atoms. The summed E-state index contributed by atoms with van der Waals surface area (Å²) < 4.78 is 25.5. The van der Waals surface area contributed by atoms with Crippen molar-refractivity contribution in [2.75, 3.05) is 17.2 Å². The van der Waals surface area contributed by atoms with E-state index in [1.807, 2.05) is 32.9 Å². The Bertz CT molecular complexity index is 1180. The fraction of sp³-hybridized carbons (Fsp3) is 0.462. The van der Waals surface area contributed by atoms with Crippen molar-refractivity contribution in [3.05, 3.63) is 53.9 Å². The molecule has 1 aliphatic rings. The first-order chi connectivity index (χ1) is 17.3. The van der Waals surface area contributed by atoms with Crippen molar-refractivity contribution in [3.8, 4) is 17.2 Å². The highest BCUT2D eigenvalue weighted by atomic mass is 19.1. The number of nitrogens with one attached hydrogen (secondary N) is 2. The lowest BCUT2D eigenvalue weighted by atomic mass is 9.81. The van der Waals surface area contributed by atoms with Crippen LogP contribution in [-0.4, -0.2) is 37.9 Å². The third kappa shape index (κ3) is 6.30. The molecule has 0 aromatic carbocycles. The van der Waals surface area contributed by atoms with Gasteiger partial charge in [0.05, 0.1) is 30.5 Å². The van der Waals surface area contributed by atoms with E-state index in [1.54, 1.807) is 6.20 Å². The molecule has 4 rings (SSSR count). The minimum absolute atomic E-state index is 0.0346. The van der Waals surface area contributed by atoms with Gasteiger partial charge in [0.1, 0.15) is 11.4 Å². The second kappa shape index (κ2) is 11.4. The third-order valence-corrected chi connectivity index (χ3v) is 6.29. The van der Waals surface area contributed by atoms with Gasteiger partial charge in [-0.15, -0.1) is 0 Å². The molecule has 36 heavy (non-hydrogen) atoms. The summed E-state index contributed by atoms with van der Waals surface area (Å²) >= 11 is 0. The van der Waals surface area contributed by atoms with E-state index in [4.69, 9.17) is 9.26 Å². The molecule has 0 spiro atoms. The Kier molecular flexibility index (Phi) is 8.02. The normalized spacial score (nSPS) is 17.7. The van der Waals surface area contributed by atoms with E-state index in [-0.39, 0.29) is 29.5 Å². The van der Waals surface area contributed by atoms with Gasteiger partial charge in [-0.1, -0.05) is 18.2 Å². The Morgan fingerprint density at radius 2 is 2.11 bits per heavy atom. The number of ether oxygens (including phenoxy) is 1. The summed E-state index contributed by atoms with van der Waals surface area (Å²) in [6.45, 7) is 10.3. The second-order valence-electron chi connectivity index (χ2n) is 9.53. The van der Waals surface area contributed by atoms with Gasteiger partial charge in [0.25, 0.3) is 0 Å². The van der Waals surface area contributed by atoms with Gasteiger partial charge in [-0.25, -0.2) is 14.4 Å². The van der Waals surface area contributed by atoms with Crippen LogP contribution in [0.5, 0.6) is 5.75 Å². The van der Waals surface area contributed by atoms with Gasteiger partial charge in [0.2, 0.25) is 5.95 Å². The first-order valence-electron chi connectivity index (χ1n) is 12.2. The van der Waals surface area contributed by atoms with Crippen LogP contribution in [0, 0.1) is 24.6 Å². The molecule has 2 atom stereocenters. The van der Waals surface area contributed by atoms with Gasteiger partial charge in [-0.05, 0) is 58.1 Å². The van der Waals surface area contributed by atoms with Crippen LogP contribution >= 0.6 is 0 Å². The molecule has 3 aromatic heterocycles. The standard InChI is InChI=1S/C26H33FN6O3/c1-15(2)31-25-22(27)13-30-26(32-25)29-12-21-16(3)33-36-24(21)23-9-8-20(11-28-23)35-14-18-6-5-7-19(10-18)17(4)34/h8-9,11,13,15,18-19,34H,4-7,10,12,14H2,1-3H3,(H2,29,30,31,32)/t18?,19-/m0/s1. The highest BCUT2D eigenvalue weighted by Crippen LogP contribution is 2.33. The smallest absolute Gasteiger partial charge is 0.225 e. The van der Waals surface area contributed by atoms with Crippen molar-refractivity contribution >= 4 is 11.8 Å². The number of hydrogen-bond acceptors (Lipinski definition) is 9. The molecule has 0 amide bonds. The van der Waals surface area contributed by atoms with Crippen LogP contribution in [0.15, 0.2) is 41.4 Å². The molecule has 0 aliphatic heterocycles. The number of allylic oxidation sites excluding steroid dienone is 1. The van der Waals surface area contributed by atoms with E-state index in [9.17, 15) is 9.50 Å². The molecule has 9 nitrogen and oxygen atoms in total. The Balaban J connectivity index is 1.39. The molecule has 192 valence electrons. The second-order valence-corrected chi connectivity index (χ2v) is 9.53. The Labute approximate surface area is 210 Å². The van der Waals surface area contributed by atoms with Crippen LogP contribution < -0.4 is 15.4 Å². The Hall–Kier alpha value is -3.69. The van der Waals surface area contributed by atoms with E-state index in [0.717, 1.165) is 37.4 Å². The maximum atomic E-state index is 14.0. The van der Waals surface area contributed by atoms with Gasteiger partial charge in [-0.3, -0.25) is 0 Å². The summed E-state index contributed by atoms with van der Waals surface area (Å²) in [6, 6.07) is 3.72. The summed E-state index contributed by atoms with van der Waals surface area (Å²) in [5.74, 6) is 1.95. The molecule has 1 aliphatic carbocycles. The number of aliphatic hydroxyl groups is 1. The first-order valence-corrected chi connectivity index (χ1v) is 12.2. The molecule has 3 aromatic rings. The fourth-order valence-corrected chi connectivity index (χ4v) is 4.35. The summed E-state index contributed by atoms with van der Waals surface area (Å²) in [7, 11) is 0. The number of halogens is 1. The number of anilines is 2. The number of aryl methyl sites for hydroxylation is 1. The van der Waals surface area contributed by atoms with Crippen molar-refractivity contribution in [3.63, 3.8) is 0 Å². The SMILES string of the molecule is C=C(O)[C@H]1CCCC(COc2ccc(-c3onc(C)c3CNc3ncc(F)c(NC(C)C)n3)nc2)C1. The predicted molar refractivity (Wildman–Crippen MR) is 135 cm³/mol. The number of nitrogens with zero attached hydrogens (tertiary/aromatic N) is 4. The monoisotopic (exact) mass is 496 g/mol. The maximum absolute atomic E-state index is 14.0. The lowest BCUT2D eigenvalue weighted by Crippen LogP contribution is -2.22. The molecule has 1 fully saturated rings. The molecule has 1 saturated carbocycles. The van der Waals surface area contributed by atoms with Crippen LogP contribution in [0.1, 0.15) is 50.8 Å². The van der Waals surface area contributed by atoms with Crippen LogP contribution in [0.4, 0.5) is 16.2 Å². The largest absolute Gasteiger partial charge is 0.513 e. The Morgan fingerprint density at radius 3 is 2.83 bits per heavy atom. The van der Waals surface area contributed by atoms with Crippen molar-refractivity contribution in [2.45, 2.75) is 59.0 Å². The highest BCUT2D eigenvalue weighted by molar-refractivity contribution is 5.59. The van der Waals surface area contributed by atoms with E-state index in [0.29, 0.717) is 42.0 Å². The first kappa shape index (κ1) is 25.4. The predicted octanol–water partition coefficient (Wildman–Crippen LogP) is 5.66. The zero-order valence-corrected chi connectivity index (χ0v) is 20.9. The topological polar surface area (TPSA) is 118 Å². The molecule has 3 N–H and O–H groups in total. The maximum Gasteiger partial charge on any atom is 0.225 e. The van der Waals surface area contributed by atoms with Gasteiger partial charge in [0, 0.05) is 24.1 Å². The van der Waals surface area contributed by atoms with Crippen LogP contribution in [0.2, 0.25) is 0 Å². The zero-order chi connectivity index (χ0) is 25.7. The van der Waals surface area contributed by atoms with Crippen molar-refractivity contribution in [2.24, 2.45) is 11.8 Å². The lowest BCUT2D eigenvalue weighted by molar-refractivity contribution is 0.166. The van der Waals surface area contributed by atoms with Crippen molar-refractivity contribution in [1.82, 2.24) is 20.1 Å². The average molecular weight is 497 g/mol. The lowest BCUT2D eigenvalue weighted by Gasteiger charge is -2.28. The summed E-state index contributed by atoms with van der Waals surface area (Å²) in [5, 5.41) is 19.9. The molecule has 0 radical (unpaired) electrons. The summed E-state index contributed by atoms with van der Waals surface area (Å²) in [4.78, 5) is 12.8.